The third-order valence-corrected chi connectivity index (χ3v) is 4.91. The first-order valence-electron chi connectivity index (χ1n) is 6.44. The van der Waals surface area contributed by atoms with E-state index < -0.39 is 14.9 Å². The van der Waals surface area contributed by atoms with Crippen LogP contribution in [-0.4, -0.2) is 33.0 Å². The molecule has 1 aliphatic carbocycles. The van der Waals surface area contributed by atoms with Gasteiger partial charge in [0.05, 0.1) is 12.0 Å². The molecule has 0 radical (unpaired) electrons. The highest BCUT2D eigenvalue weighted by Crippen LogP contribution is 2.34. The molecule has 1 aliphatic rings. The van der Waals surface area contributed by atoms with Gasteiger partial charge in [0, 0.05) is 24.7 Å². The van der Waals surface area contributed by atoms with Gasteiger partial charge in [-0.3, -0.25) is 10.1 Å². The fraction of sp³-hybridized carbons (Fsp3) is 0.500. The van der Waals surface area contributed by atoms with Crippen LogP contribution in [0.1, 0.15) is 12.8 Å². The van der Waals surface area contributed by atoms with Crippen LogP contribution in [0.4, 0.5) is 5.69 Å². The maximum Gasteiger partial charge on any atom is 0.271 e. The molecular weight excluding hydrogens is 334 g/mol. The zero-order valence-electron chi connectivity index (χ0n) is 11.9. The quantitative estimate of drug-likeness (QED) is 0.558. The average molecular weight is 352 g/mol. The zero-order valence-corrected chi connectivity index (χ0v) is 13.5. The number of nitro groups is 1. The number of nitrogens with two attached hydrogens (primary N) is 1. The molecule has 0 bridgehead atoms. The highest BCUT2D eigenvalue weighted by Gasteiger charge is 2.34. The number of methoxy groups -OCH3 is 1. The molecular formula is C12H18ClN3O5S. The van der Waals surface area contributed by atoms with Gasteiger partial charge in [-0.25, -0.2) is 13.1 Å². The van der Waals surface area contributed by atoms with Gasteiger partial charge in [0.25, 0.3) is 5.69 Å². The second-order valence-electron chi connectivity index (χ2n) is 4.89. The van der Waals surface area contributed by atoms with E-state index >= 15 is 0 Å². The van der Waals surface area contributed by atoms with E-state index in [1.807, 2.05) is 0 Å². The van der Waals surface area contributed by atoms with E-state index in [1.165, 1.54) is 19.2 Å². The lowest BCUT2D eigenvalue weighted by atomic mass is 10.2. The molecule has 1 aromatic rings. The van der Waals surface area contributed by atoms with Gasteiger partial charge in [-0.1, -0.05) is 0 Å². The fourth-order valence-corrected chi connectivity index (χ4v) is 3.59. The predicted molar refractivity (Wildman–Crippen MR) is 82.8 cm³/mol. The summed E-state index contributed by atoms with van der Waals surface area (Å²) in [5.74, 6) is 0.286. The highest BCUT2D eigenvalue weighted by atomic mass is 35.5. The lowest BCUT2D eigenvalue weighted by Gasteiger charge is -2.17. The van der Waals surface area contributed by atoms with E-state index in [0.717, 1.165) is 18.9 Å². The molecule has 0 amide bonds. The number of nitrogens with one attached hydrogen (secondary N) is 1. The van der Waals surface area contributed by atoms with Crippen LogP contribution >= 0.6 is 12.4 Å². The van der Waals surface area contributed by atoms with E-state index in [9.17, 15) is 18.5 Å². The summed E-state index contributed by atoms with van der Waals surface area (Å²) in [7, 11) is -2.63. The molecule has 0 spiro atoms. The first-order chi connectivity index (χ1) is 9.89. The summed E-state index contributed by atoms with van der Waals surface area (Å²) >= 11 is 0. The number of benzene rings is 1. The number of sulfonamides is 1. The third-order valence-electron chi connectivity index (χ3n) is 3.40. The molecule has 0 aromatic heterocycles. The largest absolute Gasteiger partial charge is 0.495 e. The van der Waals surface area contributed by atoms with Crippen LogP contribution in [0.5, 0.6) is 5.75 Å². The molecule has 1 unspecified atom stereocenters. The Kier molecular flexibility index (Phi) is 6.12. The first kappa shape index (κ1) is 18.6. The van der Waals surface area contributed by atoms with E-state index in [0.29, 0.717) is 0 Å². The van der Waals surface area contributed by atoms with Crippen molar-refractivity contribution in [2.75, 3.05) is 13.7 Å². The summed E-state index contributed by atoms with van der Waals surface area (Å²) in [6, 6.07) is 3.08. The van der Waals surface area contributed by atoms with Gasteiger partial charge >= 0.3 is 0 Å². The molecule has 10 heteroatoms. The van der Waals surface area contributed by atoms with Crippen molar-refractivity contribution in [2.24, 2.45) is 11.7 Å². The Morgan fingerprint density at radius 2 is 2.14 bits per heavy atom. The van der Waals surface area contributed by atoms with Crippen LogP contribution in [0, 0.1) is 16.0 Å². The van der Waals surface area contributed by atoms with Crippen molar-refractivity contribution in [2.45, 2.75) is 23.8 Å². The molecule has 1 fully saturated rings. The molecule has 1 atom stereocenters. The van der Waals surface area contributed by atoms with Crippen molar-refractivity contribution >= 4 is 28.1 Å². The Hall–Kier alpha value is -1.42. The van der Waals surface area contributed by atoms with Gasteiger partial charge in [-0.05, 0) is 24.8 Å². The van der Waals surface area contributed by atoms with Crippen LogP contribution < -0.4 is 15.2 Å². The molecule has 1 saturated carbocycles. The first-order valence-corrected chi connectivity index (χ1v) is 7.92. The minimum Gasteiger partial charge on any atom is -0.495 e. The van der Waals surface area contributed by atoms with Crippen LogP contribution in [0.15, 0.2) is 23.1 Å². The molecule has 0 aliphatic heterocycles. The summed E-state index contributed by atoms with van der Waals surface area (Å²) in [5, 5.41) is 10.8. The molecule has 22 heavy (non-hydrogen) atoms. The average Bonchev–Trinajstić information content (AvgIpc) is 3.28. The number of rotatable bonds is 7. The number of non-ortho nitro benzene ring substituents is 1. The van der Waals surface area contributed by atoms with Crippen molar-refractivity contribution in [3.8, 4) is 5.75 Å². The minimum atomic E-state index is -3.93. The Labute approximate surface area is 134 Å². The van der Waals surface area contributed by atoms with Crippen molar-refractivity contribution in [1.82, 2.24) is 4.72 Å². The van der Waals surface area contributed by atoms with Gasteiger partial charge < -0.3 is 10.5 Å². The summed E-state index contributed by atoms with van der Waals surface area (Å²) in [6.07, 6.45) is 1.85. The second-order valence-corrected chi connectivity index (χ2v) is 6.58. The van der Waals surface area contributed by atoms with Gasteiger partial charge in [0.1, 0.15) is 10.6 Å². The van der Waals surface area contributed by atoms with Gasteiger partial charge in [-0.2, -0.15) is 0 Å². The minimum absolute atomic E-state index is 0. The Balaban J connectivity index is 0.00000242. The van der Waals surface area contributed by atoms with Gasteiger partial charge in [-0.15, -0.1) is 12.4 Å². The van der Waals surface area contributed by atoms with Crippen molar-refractivity contribution in [3.05, 3.63) is 28.3 Å². The molecule has 1 aromatic carbocycles. The number of hydrogen-bond acceptors (Lipinski definition) is 6. The topological polar surface area (TPSA) is 125 Å². The number of nitrogens with zero attached hydrogens (tertiary/aromatic N) is 1. The van der Waals surface area contributed by atoms with Gasteiger partial charge in [0.15, 0.2) is 0 Å². The third kappa shape index (κ3) is 4.07. The van der Waals surface area contributed by atoms with Crippen molar-refractivity contribution in [1.29, 1.82) is 0 Å². The molecule has 3 N–H and O–H groups in total. The SMILES string of the molecule is COc1ccc([N+](=O)[O-])cc1S(=O)(=O)NC(CN)C1CC1.Cl. The van der Waals surface area contributed by atoms with E-state index in [-0.39, 0.29) is 47.2 Å². The fourth-order valence-electron chi connectivity index (χ4n) is 2.09. The summed E-state index contributed by atoms with van der Waals surface area (Å²) < 4.78 is 32.3. The summed E-state index contributed by atoms with van der Waals surface area (Å²) in [4.78, 5) is 9.90. The lowest BCUT2D eigenvalue weighted by Crippen LogP contribution is -2.41. The summed E-state index contributed by atoms with van der Waals surface area (Å²) in [6.45, 7) is 0.182. The smallest absolute Gasteiger partial charge is 0.271 e. The van der Waals surface area contributed by atoms with E-state index in [1.54, 1.807) is 0 Å². The van der Waals surface area contributed by atoms with Crippen LogP contribution in [0.25, 0.3) is 0 Å². The van der Waals surface area contributed by atoms with Crippen LogP contribution in [0.2, 0.25) is 0 Å². The highest BCUT2D eigenvalue weighted by molar-refractivity contribution is 7.89. The number of ether oxygens (including phenoxy) is 1. The van der Waals surface area contributed by atoms with Crippen LogP contribution in [0.3, 0.4) is 0 Å². The molecule has 0 heterocycles. The predicted octanol–water partition coefficient (Wildman–Crippen LogP) is 1.04. The Bertz CT molecular complexity index is 648. The standard InChI is InChI=1S/C12H17N3O5S.ClH/c1-20-11-5-4-9(15(16)17)6-12(11)21(18,19)14-10(7-13)8-2-3-8;/h4-6,8,10,14H,2-3,7,13H2,1H3;1H. The monoisotopic (exact) mass is 351 g/mol. The number of nitro benzene ring substituents is 1. The normalized spacial score (nSPS) is 15.7. The zero-order chi connectivity index (χ0) is 15.6. The van der Waals surface area contributed by atoms with Gasteiger partial charge in [0.2, 0.25) is 10.0 Å². The molecule has 124 valence electrons. The van der Waals surface area contributed by atoms with Crippen molar-refractivity contribution in [3.63, 3.8) is 0 Å². The van der Waals surface area contributed by atoms with Crippen LogP contribution in [-0.2, 0) is 10.0 Å². The molecule has 0 saturated heterocycles. The van der Waals surface area contributed by atoms with E-state index in [4.69, 9.17) is 10.5 Å². The lowest BCUT2D eigenvalue weighted by molar-refractivity contribution is -0.385. The molecule has 2 rings (SSSR count). The van der Waals surface area contributed by atoms with Crippen molar-refractivity contribution < 1.29 is 18.1 Å². The molecule has 8 nitrogen and oxygen atoms in total. The maximum atomic E-state index is 12.4. The van der Waals surface area contributed by atoms with E-state index in [2.05, 4.69) is 4.72 Å². The number of hydrogen-bond donors (Lipinski definition) is 2. The Morgan fingerprint density at radius 1 is 1.50 bits per heavy atom. The number of halogens is 1. The Morgan fingerprint density at radius 3 is 2.59 bits per heavy atom. The maximum absolute atomic E-state index is 12.4. The second kappa shape index (κ2) is 7.23. The summed E-state index contributed by atoms with van der Waals surface area (Å²) in [5.41, 5.74) is 5.27.